The van der Waals surface area contributed by atoms with Crippen LogP contribution in [0.1, 0.15) is 73.1 Å². The molecule has 0 amide bonds. The molecule has 150 valence electrons. The number of hydrogen-bond acceptors (Lipinski definition) is 5. The van der Waals surface area contributed by atoms with Crippen molar-refractivity contribution in [1.82, 2.24) is 0 Å². The molecule has 1 rings (SSSR count). The predicted octanol–water partition coefficient (Wildman–Crippen LogP) is 3.42. The van der Waals surface area contributed by atoms with Gasteiger partial charge in [0.1, 0.15) is 5.78 Å². The summed E-state index contributed by atoms with van der Waals surface area (Å²) in [6.45, 7) is 9.47. The molecule has 0 saturated carbocycles. The molecule has 0 aliphatic carbocycles. The van der Waals surface area contributed by atoms with Crippen molar-refractivity contribution in [3.05, 3.63) is 11.6 Å². The van der Waals surface area contributed by atoms with Crippen LogP contribution in [0.4, 0.5) is 0 Å². The van der Waals surface area contributed by atoms with Crippen LogP contribution in [0, 0.1) is 17.3 Å². The molecule has 4 unspecified atom stereocenters. The monoisotopic (exact) mass is 368 g/mol. The molecule has 0 aromatic carbocycles. The van der Waals surface area contributed by atoms with Crippen LogP contribution < -0.4 is 0 Å². The van der Waals surface area contributed by atoms with E-state index in [4.69, 9.17) is 4.74 Å². The molecule has 26 heavy (non-hydrogen) atoms. The van der Waals surface area contributed by atoms with E-state index in [0.29, 0.717) is 12.8 Å². The minimum Gasteiger partial charge on any atom is -0.465 e. The van der Waals surface area contributed by atoms with Crippen molar-refractivity contribution in [2.24, 2.45) is 17.3 Å². The Morgan fingerprint density at radius 1 is 1.27 bits per heavy atom. The summed E-state index contributed by atoms with van der Waals surface area (Å²) in [7, 11) is 0. The number of ether oxygens (including phenoxy) is 1. The van der Waals surface area contributed by atoms with E-state index in [1.54, 1.807) is 13.8 Å². The van der Waals surface area contributed by atoms with Crippen LogP contribution >= 0.6 is 0 Å². The summed E-state index contributed by atoms with van der Waals surface area (Å²) >= 11 is 0. The van der Waals surface area contributed by atoms with Crippen LogP contribution in [-0.4, -0.2) is 40.8 Å². The maximum atomic E-state index is 13.0. The van der Waals surface area contributed by atoms with Gasteiger partial charge in [0.25, 0.3) is 0 Å². The van der Waals surface area contributed by atoms with Crippen LogP contribution in [0.15, 0.2) is 11.6 Å². The van der Waals surface area contributed by atoms with Gasteiger partial charge in [0.2, 0.25) is 0 Å². The van der Waals surface area contributed by atoms with Crippen LogP contribution in [0.2, 0.25) is 0 Å². The van der Waals surface area contributed by atoms with Gasteiger partial charge >= 0.3 is 5.97 Å². The summed E-state index contributed by atoms with van der Waals surface area (Å²) in [6.07, 6.45) is 3.83. The Morgan fingerprint density at radius 2 is 1.92 bits per heavy atom. The fourth-order valence-electron chi connectivity index (χ4n) is 3.55. The summed E-state index contributed by atoms with van der Waals surface area (Å²) in [6, 6.07) is 0. The number of carbonyl (C=O) groups excluding carboxylic acids is 2. The molecule has 1 aliphatic heterocycles. The Bertz CT molecular complexity index is 509. The third-order valence-electron chi connectivity index (χ3n) is 5.70. The Morgan fingerprint density at radius 3 is 2.54 bits per heavy atom. The van der Waals surface area contributed by atoms with Crippen molar-refractivity contribution < 1.29 is 24.5 Å². The molecule has 0 bridgehead atoms. The maximum absolute atomic E-state index is 13.0. The summed E-state index contributed by atoms with van der Waals surface area (Å²) in [4.78, 5) is 25.0. The van der Waals surface area contributed by atoms with E-state index in [-0.39, 0.29) is 24.7 Å². The van der Waals surface area contributed by atoms with Crippen LogP contribution in [-0.2, 0) is 14.3 Å². The zero-order valence-electron chi connectivity index (χ0n) is 17.0. The highest BCUT2D eigenvalue weighted by molar-refractivity contribution is 5.88. The average molecular weight is 369 g/mol. The molecule has 0 aromatic rings. The van der Waals surface area contributed by atoms with Gasteiger partial charge in [-0.05, 0) is 44.9 Å². The first-order chi connectivity index (χ1) is 12.1. The molecular weight excluding hydrogens is 332 g/mol. The Labute approximate surface area is 157 Å². The first-order valence-electron chi connectivity index (χ1n) is 9.82. The second kappa shape index (κ2) is 10.2. The van der Waals surface area contributed by atoms with Crippen molar-refractivity contribution in [1.29, 1.82) is 0 Å². The summed E-state index contributed by atoms with van der Waals surface area (Å²) in [5.41, 5.74) is 0.118. The van der Waals surface area contributed by atoms with E-state index in [0.717, 1.165) is 19.3 Å². The highest BCUT2D eigenvalue weighted by Crippen LogP contribution is 2.33. The van der Waals surface area contributed by atoms with Gasteiger partial charge < -0.3 is 14.9 Å². The van der Waals surface area contributed by atoms with Crippen molar-refractivity contribution in [3.8, 4) is 0 Å². The normalized spacial score (nSPS) is 32.7. The highest BCUT2D eigenvalue weighted by Gasteiger charge is 2.43. The summed E-state index contributed by atoms with van der Waals surface area (Å²) in [5.74, 6) is -1.24. The fourth-order valence-corrected chi connectivity index (χ4v) is 3.55. The number of ketones is 1. The predicted molar refractivity (Wildman–Crippen MR) is 102 cm³/mol. The Balaban J connectivity index is 3.04. The lowest BCUT2D eigenvalue weighted by atomic mass is 9.71. The quantitative estimate of drug-likeness (QED) is 0.547. The highest BCUT2D eigenvalue weighted by atomic mass is 16.5. The molecule has 0 saturated heterocycles. The number of aliphatic hydroxyl groups is 2. The van der Waals surface area contributed by atoms with E-state index >= 15 is 0 Å². The molecule has 5 heteroatoms. The van der Waals surface area contributed by atoms with Crippen molar-refractivity contribution >= 4 is 11.8 Å². The van der Waals surface area contributed by atoms with Crippen molar-refractivity contribution in [3.63, 3.8) is 0 Å². The molecule has 1 aliphatic rings. The molecular formula is C21H36O5. The number of carbonyl (C=O) groups is 2. The minimum atomic E-state index is -1.13. The lowest BCUT2D eigenvalue weighted by Crippen LogP contribution is -2.46. The standard InChI is InChI=1S/C21H36O5/c1-6-16-19(24)15(3)11-7-9-14(2)10-8-12-26-18(23)13-17(22)21(4,5)20(16)25/h10,15-17,19,22,24H,6-9,11-13H2,1-5H3. The van der Waals surface area contributed by atoms with E-state index in [1.807, 2.05) is 13.8 Å². The average Bonchev–Trinajstić information content (AvgIpc) is 2.58. The second-order valence-electron chi connectivity index (χ2n) is 8.24. The third-order valence-corrected chi connectivity index (χ3v) is 5.70. The zero-order valence-corrected chi connectivity index (χ0v) is 17.0. The summed E-state index contributed by atoms with van der Waals surface area (Å²) in [5, 5.41) is 21.2. The SMILES string of the molecule is CCC1C(=O)C(C)(C)C(O)CC(=O)OCCC=C(C)CCCC(C)C1O. The van der Waals surface area contributed by atoms with Crippen LogP contribution in [0.25, 0.3) is 0 Å². The van der Waals surface area contributed by atoms with Crippen LogP contribution in [0.5, 0.6) is 0 Å². The molecule has 4 atom stereocenters. The van der Waals surface area contributed by atoms with Gasteiger partial charge in [0.15, 0.2) is 0 Å². The van der Waals surface area contributed by atoms with Gasteiger partial charge in [-0.2, -0.15) is 0 Å². The zero-order chi connectivity index (χ0) is 19.9. The largest absolute Gasteiger partial charge is 0.465 e. The molecule has 0 radical (unpaired) electrons. The van der Waals surface area contributed by atoms with E-state index < -0.39 is 29.5 Å². The number of cyclic esters (lactones) is 1. The number of hydrogen-bond donors (Lipinski definition) is 2. The van der Waals surface area contributed by atoms with Gasteiger partial charge in [-0.3, -0.25) is 9.59 Å². The van der Waals surface area contributed by atoms with Crippen molar-refractivity contribution in [2.75, 3.05) is 6.61 Å². The molecule has 5 nitrogen and oxygen atoms in total. The smallest absolute Gasteiger partial charge is 0.308 e. The van der Waals surface area contributed by atoms with Gasteiger partial charge in [-0.25, -0.2) is 0 Å². The van der Waals surface area contributed by atoms with Crippen LogP contribution in [0.3, 0.4) is 0 Å². The Hall–Kier alpha value is -1.20. The number of Topliss-reactive ketones (excluding diaryl/α,β-unsaturated/α-hetero) is 1. The topological polar surface area (TPSA) is 83.8 Å². The van der Waals surface area contributed by atoms with Gasteiger partial charge in [0.05, 0.1) is 30.7 Å². The number of rotatable bonds is 1. The third kappa shape index (κ3) is 6.20. The van der Waals surface area contributed by atoms with E-state index in [1.165, 1.54) is 5.57 Å². The molecule has 2 N–H and O–H groups in total. The van der Waals surface area contributed by atoms with Gasteiger partial charge in [-0.15, -0.1) is 0 Å². The number of aliphatic hydroxyl groups excluding tert-OH is 2. The number of esters is 1. The molecule has 0 spiro atoms. The maximum Gasteiger partial charge on any atom is 0.308 e. The Kier molecular flexibility index (Phi) is 8.97. The molecule has 0 aromatic heterocycles. The van der Waals surface area contributed by atoms with Gasteiger partial charge in [-0.1, -0.05) is 39.3 Å². The summed E-state index contributed by atoms with van der Waals surface area (Å²) < 4.78 is 5.18. The van der Waals surface area contributed by atoms with Gasteiger partial charge in [0, 0.05) is 5.92 Å². The fraction of sp³-hybridized carbons (Fsp3) is 0.810. The number of allylic oxidation sites excluding steroid dienone is 1. The van der Waals surface area contributed by atoms with E-state index in [2.05, 4.69) is 13.0 Å². The van der Waals surface area contributed by atoms with E-state index in [9.17, 15) is 19.8 Å². The molecule has 0 fully saturated rings. The lowest BCUT2D eigenvalue weighted by Gasteiger charge is -2.35. The van der Waals surface area contributed by atoms with Crippen molar-refractivity contribution in [2.45, 2.75) is 85.4 Å². The lowest BCUT2D eigenvalue weighted by molar-refractivity contribution is -0.151. The first kappa shape index (κ1) is 22.8. The minimum absolute atomic E-state index is 0.00233. The second-order valence-corrected chi connectivity index (χ2v) is 8.24. The first-order valence-corrected chi connectivity index (χ1v) is 9.82. The molecule has 1 heterocycles.